The van der Waals surface area contributed by atoms with Crippen LogP contribution in [0.1, 0.15) is 30.6 Å². The third kappa shape index (κ3) is 4.57. The van der Waals surface area contributed by atoms with E-state index < -0.39 is 5.97 Å². The Morgan fingerprint density at radius 3 is 2.52 bits per heavy atom. The zero-order valence-electron chi connectivity index (χ0n) is 15.0. The predicted octanol–water partition coefficient (Wildman–Crippen LogP) is 4.55. The Labute approximate surface area is 160 Å². The van der Waals surface area contributed by atoms with E-state index in [0.717, 1.165) is 16.7 Å². The molecule has 2 N–H and O–H groups in total. The molecule has 2 aromatic carbocycles. The fraction of sp³-hybridized carbons (Fsp3) is 0.200. The van der Waals surface area contributed by atoms with Crippen LogP contribution >= 0.6 is 11.3 Å². The Bertz CT molecular complexity index is 982. The van der Waals surface area contributed by atoms with Crippen LogP contribution in [0.5, 0.6) is 0 Å². The molecule has 7 heteroatoms. The Morgan fingerprint density at radius 2 is 1.81 bits per heavy atom. The molecule has 0 radical (unpaired) electrons. The summed E-state index contributed by atoms with van der Waals surface area (Å²) in [6, 6.07) is 14.4. The monoisotopic (exact) mass is 381 g/mol. The number of amides is 1. The van der Waals surface area contributed by atoms with Gasteiger partial charge in [0.05, 0.1) is 5.56 Å². The fourth-order valence-corrected chi connectivity index (χ4v) is 3.46. The maximum Gasteiger partial charge on any atom is 0.335 e. The van der Waals surface area contributed by atoms with Gasteiger partial charge in [0.25, 0.3) is 0 Å². The first-order valence-electron chi connectivity index (χ1n) is 8.50. The zero-order valence-corrected chi connectivity index (χ0v) is 15.8. The van der Waals surface area contributed by atoms with E-state index in [1.807, 2.05) is 44.2 Å². The van der Waals surface area contributed by atoms with Crippen LogP contribution in [-0.4, -0.2) is 27.2 Å². The van der Waals surface area contributed by atoms with Crippen molar-refractivity contribution in [2.75, 3.05) is 5.32 Å². The second-order valence-corrected chi connectivity index (χ2v) is 7.47. The number of nitrogens with zero attached hydrogens (tertiary/aromatic N) is 2. The number of hydrogen-bond donors (Lipinski definition) is 2. The average Bonchev–Trinajstić information content (AvgIpc) is 3.09. The molecule has 0 spiro atoms. The van der Waals surface area contributed by atoms with Crippen LogP contribution in [0.25, 0.3) is 21.7 Å². The van der Waals surface area contributed by atoms with Gasteiger partial charge >= 0.3 is 5.97 Å². The summed E-state index contributed by atoms with van der Waals surface area (Å²) in [4.78, 5) is 23.2. The van der Waals surface area contributed by atoms with Crippen molar-refractivity contribution in [3.05, 3.63) is 54.1 Å². The molecule has 6 nitrogen and oxygen atoms in total. The van der Waals surface area contributed by atoms with E-state index >= 15 is 0 Å². The molecule has 0 aliphatic carbocycles. The molecule has 1 aromatic heterocycles. The molecule has 0 atom stereocenters. The number of nitrogens with one attached hydrogen (secondary N) is 1. The van der Waals surface area contributed by atoms with Crippen molar-refractivity contribution < 1.29 is 14.7 Å². The molecule has 3 aromatic rings. The highest BCUT2D eigenvalue weighted by molar-refractivity contribution is 7.18. The van der Waals surface area contributed by atoms with Gasteiger partial charge in [-0.3, -0.25) is 4.79 Å². The van der Waals surface area contributed by atoms with Crippen LogP contribution in [0, 0.1) is 5.92 Å². The minimum absolute atomic E-state index is 0.0878. The van der Waals surface area contributed by atoms with E-state index in [0.29, 0.717) is 16.6 Å². The van der Waals surface area contributed by atoms with Gasteiger partial charge in [-0.15, -0.1) is 10.2 Å². The minimum atomic E-state index is -0.972. The molecule has 0 unspecified atom stereocenters. The molecule has 0 aliphatic rings. The summed E-state index contributed by atoms with van der Waals surface area (Å²) in [6.45, 7) is 3.96. The maximum absolute atomic E-state index is 11.9. The lowest BCUT2D eigenvalue weighted by molar-refractivity contribution is -0.116. The van der Waals surface area contributed by atoms with Gasteiger partial charge in [-0.05, 0) is 29.2 Å². The van der Waals surface area contributed by atoms with Gasteiger partial charge in [0, 0.05) is 12.0 Å². The van der Waals surface area contributed by atoms with E-state index in [1.165, 1.54) is 11.3 Å². The molecule has 1 heterocycles. The first-order chi connectivity index (χ1) is 12.9. The molecule has 3 rings (SSSR count). The Hall–Kier alpha value is -3.06. The summed E-state index contributed by atoms with van der Waals surface area (Å²) in [7, 11) is 0. The molecule has 0 fully saturated rings. The highest BCUT2D eigenvalue weighted by atomic mass is 32.1. The smallest absolute Gasteiger partial charge is 0.335 e. The van der Waals surface area contributed by atoms with Crippen molar-refractivity contribution in [1.29, 1.82) is 0 Å². The summed E-state index contributed by atoms with van der Waals surface area (Å²) >= 11 is 1.29. The number of aromatic nitrogens is 2. The molecular formula is C20H19N3O3S. The van der Waals surface area contributed by atoms with Gasteiger partial charge in [0.15, 0.2) is 0 Å². The van der Waals surface area contributed by atoms with Crippen molar-refractivity contribution in [2.45, 2.75) is 20.3 Å². The number of carbonyl (C=O) groups is 2. The topological polar surface area (TPSA) is 92.2 Å². The first-order valence-corrected chi connectivity index (χ1v) is 9.32. The third-order valence-electron chi connectivity index (χ3n) is 3.84. The zero-order chi connectivity index (χ0) is 19.4. The third-order valence-corrected chi connectivity index (χ3v) is 4.71. The van der Waals surface area contributed by atoms with Crippen molar-refractivity contribution >= 4 is 28.3 Å². The van der Waals surface area contributed by atoms with E-state index in [2.05, 4.69) is 15.5 Å². The quantitative estimate of drug-likeness (QED) is 0.653. The number of carboxylic acids is 1. The van der Waals surface area contributed by atoms with Gasteiger partial charge < -0.3 is 10.4 Å². The summed E-state index contributed by atoms with van der Waals surface area (Å²) in [5, 5.41) is 21.4. The Kier molecular flexibility index (Phi) is 5.61. The molecule has 0 saturated heterocycles. The van der Waals surface area contributed by atoms with Crippen molar-refractivity contribution in [2.24, 2.45) is 5.92 Å². The molecule has 138 valence electrons. The number of rotatable bonds is 6. The number of benzene rings is 2. The molecule has 0 aliphatic heterocycles. The van der Waals surface area contributed by atoms with Crippen LogP contribution in [0.3, 0.4) is 0 Å². The molecule has 0 bridgehead atoms. The maximum atomic E-state index is 11.9. The van der Waals surface area contributed by atoms with Crippen LogP contribution in [0.4, 0.5) is 5.13 Å². The minimum Gasteiger partial charge on any atom is -0.478 e. The van der Waals surface area contributed by atoms with E-state index in [9.17, 15) is 14.7 Å². The highest BCUT2D eigenvalue weighted by Crippen LogP contribution is 2.35. The van der Waals surface area contributed by atoms with Crippen molar-refractivity contribution in [1.82, 2.24) is 10.2 Å². The average molecular weight is 381 g/mol. The second-order valence-electron chi connectivity index (χ2n) is 6.49. The molecular weight excluding hydrogens is 362 g/mol. The number of carboxylic acid groups (broad SMARTS) is 1. The molecule has 27 heavy (non-hydrogen) atoms. The second kappa shape index (κ2) is 8.09. The molecule has 0 saturated carbocycles. The lowest BCUT2D eigenvalue weighted by Gasteiger charge is -2.08. The van der Waals surface area contributed by atoms with Crippen LogP contribution in [-0.2, 0) is 4.79 Å². The lowest BCUT2D eigenvalue weighted by Crippen LogP contribution is -2.13. The Morgan fingerprint density at radius 1 is 1.07 bits per heavy atom. The summed E-state index contributed by atoms with van der Waals surface area (Å²) in [6.07, 6.45) is 0.424. The van der Waals surface area contributed by atoms with Gasteiger partial charge in [0.2, 0.25) is 11.0 Å². The first kappa shape index (κ1) is 18.7. The largest absolute Gasteiger partial charge is 0.478 e. The SMILES string of the molecule is CC(C)CC(=O)Nc1nnc(-c2ccccc2-c2cccc(C(=O)O)c2)s1. The number of anilines is 1. The lowest BCUT2D eigenvalue weighted by atomic mass is 9.98. The number of carbonyl (C=O) groups excluding carboxylic acids is 1. The van der Waals surface area contributed by atoms with Crippen LogP contribution in [0.15, 0.2) is 48.5 Å². The van der Waals surface area contributed by atoms with E-state index in [-0.39, 0.29) is 17.4 Å². The number of aromatic carboxylic acids is 1. The highest BCUT2D eigenvalue weighted by Gasteiger charge is 2.15. The molecule has 1 amide bonds. The van der Waals surface area contributed by atoms with E-state index in [4.69, 9.17) is 0 Å². The summed E-state index contributed by atoms with van der Waals surface area (Å²) < 4.78 is 0. The predicted molar refractivity (Wildman–Crippen MR) is 106 cm³/mol. The van der Waals surface area contributed by atoms with Gasteiger partial charge in [-0.25, -0.2) is 4.79 Å². The standard InChI is InChI=1S/C20H19N3O3S/c1-12(2)10-17(24)21-20-23-22-18(27-20)16-9-4-3-8-15(16)13-6-5-7-14(11-13)19(25)26/h3-9,11-12H,10H2,1-2H3,(H,25,26)(H,21,23,24). The van der Waals surface area contributed by atoms with Gasteiger partial charge in [0.1, 0.15) is 5.01 Å². The van der Waals surface area contributed by atoms with Crippen LogP contribution in [0.2, 0.25) is 0 Å². The van der Waals surface area contributed by atoms with Crippen molar-refractivity contribution in [3.8, 4) is 21.7 Å². The van der Waals surface area contributed by atoms with E-state index in [1.54, 1.807) is 18.2 Å². The van der Waals surface area contributed by atoms with Gasteiger partial charge in [-0.2, -0.15) is 0 Å². The Balaban J connectivity index is 1.92. The number of hydrogen-bond acceptors (Lipinski definition) is 5. The fourth-order valence-electron chi connectivity index (χ4n) is 2.66. The van der Waals surface area contributed by atoms with Crippen molar-refractivity contribution in [3.63, 3.8) is 0 Å². The van der Waals surface area contributed by atoms with Crippen LogP contribution < -0.4 is 5.32 Å². The van der Waals surface area contributed by atoms with Gasteiger partial charge in [-0.1, -0.05) is 61.6 Å². The summed E-state index contributed by atoms with van der Waals surface area (Å²) in [5.74, 6) is -0.796. The summed E-state index contributed by atoms with van der Waals surface area (Å²) in [5.41, 5.74) is 2.70. The normalized spacial score (nSPS) is 10.8.